The maximum atomic E-state index is 10.8. The molecule has 21 heavy (non-hydrogen) atoms. The third kappa shape index (κ3) is 5.68. The minimum atomic E-state index is -0.661. The lowest BCUT2D eigenvalue weighted by Crippen LogP contribution is -2.39. The SMILES string of the molecule is Bc1ccc([C@H](C)NCCC(O)(CC(=C)C)C(C)C)cc1. The van der Waals surface area contributed by atoms with Gasteiger partial charge in [-0.05, 0) is 44.7 Å². The highest BCUT2D eigenvalue weighted by atomic mass is 16.3. The third-order valence-electron chi connectivity index (χ3n) is 4.27. The highest BCUT2D eigenvalue weighted by molar-refractivity contribution is 6.32. The predicted molar refractivity (Wildman–Crippen MR) is 94.9 cm³/mol. The lowest BCUT2D eigenvalue weighted by molar-refractivity contribution is -0.0124. The van der Waals surface area contributed by atoms with Crippen LogP contribution in [0.2, 0.25) is 0 Å². The van der Waals surface area contributed by atoms with Gasteiger partial charge in [-0.1, -0.05) is 49.1 Å². The van der Waals surface area contributed by atoms with Crippen LogP contribution in [-0.4, -0.2) is 25.1 Å². The molecular formula is C18H30BNO. The number of hydrogen-bond acceptors (Lipinski definition) is 2. The normalized spacial score (nSPS) is 15.7. The summed E-state index contributed by atoms with van der Waals surface area (Å²) in [7, 11) is 2.10. The molecule has 1 unspecified atom stereocenters. The Labute approximate surface area is 131 Å². The summed E-state index contributed by atoms with van der Waals surface area (Å²) in [4.78, 5) is 0. The third-order valence-corrected chi connectivity index (χ3v) is 4.27. The molecule has 0 spiro atoms. The molecule has 2 nitrogen and oxygen atoms in total. The second-order valence-electron chi connectivity index (χ2n) is 6.73. The fourth-order valence-electron chi connectivity index (χ4n) is 2.58. The average Bonchev–Trinajstić information content (AvgIpc) is 2.38. The first kappa shape index (κ1) is 18.0. The van der Waals surface area contributed by atoms with Gasteiger partial charge in [0.15, 0.2) is 0 Å². The summed E-state index contributed by atoms with van der Waals surface area (Å²) < 4.78 is 0. The van der Waals surface area contributed by atoms with Crippen molar-refractivity contribution in [1.29, 1.82) is 0 Å². The molecule has 1 aromatic carbocycles. The highest BCUT2D eigenvalue weighted by Crippen LogP contribution is 2.28. The van der Waals surface area contributed by atoms with Crippen LogP contribution >= 0.6 is 0 Å². The fourth-order valence-corrected chi connectivity index (χ4v) is 2.58. The van der Waals surface area contributed by atoms with Gasteiger partial charge in [-0.25, -0.2) is 0 Å². The van der Waals surface area contributed by atoms with E-state index in [1.54, 1.807) is 0 Å². The van der Waals surface area contributed by atoms with E-state index in [1.807, 2.05) is 6.92 Å². The van der Waals surface area contributed by atoms with Crippen molar-refractivity contribution in [3.63, 3.8) is 0 Å². The Hall–Kier alpha value is -1.06. The average molecular weight is 287 g/mol. The van der Waals surface area contributed by atoms with E-state index >= 15 is 0 Å². The van der Waals surface area contributed by atoms with E-state index in [4.69, 9.17) is 0 Å². The van der Waals surface area contributed by atoms with Crippen LogP contribution in [0.3, 0.4) is 0 Å². The predicted octanol–water partition coefficient (Wildman–Crippen LogP) is 2.34. The molecule has 116 valence electrons. The second kappa shape index (κ2) is 7.81. The molecule has 0 bridgehead atoms. The van der Waals surface area contributed by atoms with Crippen LogP contribution in [0, 0.1) is 5.92 Å². The lowest BCUT2D eigenvalue weighted by atomic mass is 9.82. The topological polar surface area (TPSA) is 32.3 Å². The summed E-state index contributed by atoms with van der Waals surface area (Å²) in [5.41, 5.74) is 2.94. The molecule has 2 atom stereocenters. The molecule has 0 heterocycles. The summed E-state index contributed by atoms with van der Waals surface area (Å²) in [6.45, 7) is 13.0. The molecule has 0 saturated carbocycles. The Morgan fingerprint density at radius 2 is 1.86 bits per heavy atom. The van der Waals surface area contributed by atoms with Crippen LogP contribution in [0.5, 0.6) is 0 Å². The van der Waals surface area contributed by atoms with Crippen LogP contribution in [0.15, 0.2) is 36.4 Å². The van der Waals surface area contributed by atoms with Crippen molar-refractivity contribution in [2.45, 2.75) is 52.2 Å². The first-order valence-corrected chi connectivity index (χ1v) is 7.91. The number of hydrogen-bond donors (Lipinski definition) is 2. The van der Waals surface area contributed by atoms with Crippen LogP contribution in [0.4, 0.5) is 0 Å². The Kier molecular flexibility index (Phi) is 6.69. The zero-order valence-corrected chi connectivity index (χ0v) is 14.2. The van der Waals surface area contributed by atoms with Crippen LogP contribution in [0.1, 0.15) is 52.1 Å². The van der Waals surface area contributed by atoms with Crippen molar-refractivity contribution in [1.82, 2.24) is 5.32 Å². The lowest BCUT2D eigenvalue weighted by Gasteiger charge is -2.33. The van der Waals surface area contributed by atoms with Gasteiger partial charge in [0.25, 0.3) is 0 Å². The summed E-state index contributed by atoms with van der Waals surface area (Å²) in [6, 6.07) is 8.90. The molecule has 0 saturated heterocycles. The van der Waals surface area contributed by atoms with Gasteiger partial charge in [0, 0.05) is 6.04 Å². The van der Waals surface area contributed by atoms with E-state index in [0.717, 1.165) is 18.5 Å². The molecule has 0 aliphatic heterocycles. The van der Waals surface area contributed by atoms with E-state index in [0.29, 0.717) is 12.5 Å². The quantitative estimate of drug-likeness (QED) is 0.568. The van der Waals surface area contributed by atoms with Gasteiger partial charge < -0.3 is 10.4 Å². The van der Waals surface area contributed by atoms with Crippen molar-refractivity contribution < 1.29 is 5.11 Å². The Balaban J connectivity index is 2.54. The molecule has 0 aromatic heterocycles. The van der Waals surface area contributed by atoms with Crippen molar-refractivity contribution in [2.75, 3.05) is 6.54 Å². The van der Waals surface area contributed by atoms with Gasteiger partial charge in [0.1, 0.15) is 7.85 Å². The first-order valence-electron chi connectivity index (χ1n) is 7.91. The Bertz CT molecular complexity index is 455. The first-order chi connectivity index (χ1) is 9.74. The molecule has 0 aliphatic carbocycles. The maximum Gasteiger partial charge on any atom is 0.139 e. The Morgan fingerprint density at radius 3 is 2.33 bits per heavy atom. The van der Waals surface area contributed by atoms with E-state index in [-0.39, 0.29) is 5.92 Å². The van der Waals surface area contributed by atoms with Gasteiger partial charge in [0.05, 0.1) is 5.60 Å². The molecule has 1 aromatic rings. The summed E-state index contributed by atoms with van der Waals surface area (Å²) >= 11 is 0. The molecular weight excluding hydrogens is 257 g/mol. The zero-order valence-electron chi connectivity index (χ0n) is 14.2. The van der Waals surface area contributed by atoms with E-state index < -0.39 is 5.60 Å². The van der Waals surface area contributed by atoms with E-state index in [1.165, 1.54) is 11.0 Å². The van der Waals surface area contributed by atoms with E-state index in [2.05, 4.69) is 64.8 Å². The van der Waals surface area contributed by atoms with Crippen molar-refractivity contribution in [3.8, 4) is 0 Å². The van der Waals surface area contributed by atoms with Gasteiger partial charge in [-0.3, -0.25) is 0 Å². The van der Waals surface area contributed by atoms with E-state index in [9.17, 15) is 5.11 Å². The number of benzene rings is 1. The maximum absolute atomic E-state index is 10.8. The molecule has 2 N–H and O–H groups in total. The molecule has 0 amide bonds. The number of rotatable bonds is 8. The monoisotopic (exact) mass is 287 g/mol. The van der Waals surface area contributed by atoms with Gasteiger partial charge in [-0.2, -0.15) is 0 Å². The molecule has 0 aliphatic rings. The minimum absolute atomic E-state index is 0.227. The van der Waals surface area contributed by atoms with Gasteiger partial charge in [-0.15, -0.1) is 6.58 Å². The summed E-state index contributed by atoms with van der Waals surface area (Å²) in [6.07, 6.45) is 1.42. The zero-order chi connectivity index (χ0) is 16.0. The van der Waals surface area contributed by atoms with Crippen LogP contribution in [0.25, 0.3) is 0 Å². The van der Waals surface area contributed by atoms with Crippen molar-refractivity contribution >= 4 is 13.3 Å². The number of aliphatic hydroxyl groups is 1. The largest absolute Gasteiger partial charge is 0.389 e. The molecule has 3 heteroatoms. The minimum Gasteiger partial charge on any atom is -0.389 e. The van der Waals surface area contributed by atoms with Crippen LogP contribution < -0.4 is 10.8 Å². The summed E-state index contributed by atoms with van der Waals surface area (Å²) in [5, 5.41) is 14.3. The number of nitrogens with one attached hydrogen (secondary N) is 1. The standard InChI is InChI=1S/C18H30BNO/c1-13(2)12-18(21,14(3)4)10-11-20-15(5)16-6-8-17(19)9-7-16/h6-9,14-15,20-21H,1,10-12,19H2,2-5H3/t15-,18?/m0/s1. The van der Waals surface area contributed by atoms with Crippen LogP contribution in [-0.2, 0) is 0 Å². The van der Waals surface area contributed by atoms with Gasteiger partial charge in [0.2, 0.25) is 0 Å². The second-order valence-corrected chi connectivity index (χ2v) is 6.73. The fraction of sp³-hybridized carbons (Fsp3) is 0.556. The van der Waals surface area contributed by atoms with Crippen molar-refractivity contribution in [2.24, 2.45) is 5.92 Å². The molecule has 0 fully saturated rings. The molecule has 1 rings (SSSR count). The smallest absolute Gasteiger partial charge is 0.139 e. The van der Waals surface area contributed by atoms with Gasteiger partial charge >= 0.3 is 0 Å². The summed E-state index contributed by atoms with van der Waals surface area (Å²) in [5.74, 6) is 0.227. The van der Waals surface area contributed by atoms with Crippen molar-refractivity contribution in [3.05, 3.63) is 42.0 Å². The molecule has 0 radical (unpaired) electrons. The Morgan fingerprint density at radius 1 is 1.29 bits per heavy atom. The highest BCUT2D eigenvalue weighted by Gasteiger charge is 2.30.